The zero-order valence-electron chi connectivity index (χ0n) is 30.5. The number of nitrogens with one attached hydrogen (secondary N) is 1. The molecule has 8 rings (SSSR count). The topological polar surface area (TPSA) is 157 Å². The number of likely N-dealkylation sites (tertiary alicyclic amines) is 1. The minimum atomic E-state index is -4.77. The van der Waals surface area contributed by atoms with Crippen LogP contribution in [-0.2, 0) is 35.6 Å². The maximum Gasteiger partial charge on any atom is 0.417 e. The summed E-state index contributed by atoms with van der Waals surface area (Å²) >= 11 is 12.6. The first kappa shape index (κ1) is 39.4. The minimum absolute atomic E-state index is 0.0403. The van der Waals surface area contributed by atoms with Crippen molar-refractivity contribution >= 4 is 69.4 Å². The summed E-state index contributed by atoms with van der Waals surface area (Å²) < 4.78 is 40.6. The number of pyridine rings is 1. The number of carboxylic acids is 1. The van der Waals surface area contributed by atoms with E-state index < -0.39 is 81.3 Å². The van der Waals surface area contributed by atoms with E-state index in [0.29, 0.717) is 69.0 Å². The lowest BCUT2D eigenvalue weighted by Gasteiger charge is -2.51. The zero-order valence-corrected chi connectivity index (χ0v) is 32.0. The Hall–Kier alpha value is -5.47. The van der Waals surface area contributed by atoms with E-state index in [4.69, 9.17) is 28.3 Å². The molecule has 4 aliphatic rings. The molecular formula is C42H35Cl2F3N4O7. The van der Waals surface area contributed by atoms with Crippen LogP contribution in [0.15, 0.2) is 84.6 Å². The van der Waals surface area contributed by atoms with Gasteiger partial charge in [-0.1, -0.05) is 83.7 Å². The molecule has 16 heteroatoms. The number of allylic oxidation sites excluding steroid dienone is 2. The highest BCUT2D eigenvalue weighted by Crippen LogP contribution is 2.65. The molecule has 6 atom stereocenters. The molecule has 0 bridgehead atoms. The van der Waals surface area contributed by atoms with Gasteiger partial charge >= 0.3 is 12.1 Å². The first-order chi connectivity index (χ1) is 27.6. The molecule has 3 fully saturated rings. The molecule has 0 radical (unpaired) electrons. The van der Waals surface area contributed by atoms with Crippen LogP contribution in [0.25, 0.3) is 10.8 Å². The summed E-state index contributed by atoms with van der Waals surface area (Å²) in [5, 5.41) is 22.7. The van der Waals surface area contributed by atoms with E-state index in [-0.39, 0.29) is 37.5 Å². The normalized spacial score (nSPS) is 25.5. The largest absolute Gasteiger partial charge is 0.508 e. The average molecular weight is 836 g/mol. The van der Waals surface area contributed by atoms with Gasteiger partial charge in [-0.15, -0.1) is 0 Å². The van der Waals surface area contributed by atoms with Crippen LogP contribution in [0.3, 0.4) is 0 Å². The van der Waals surface area contributed by atoms with Crippen LogP contribution in [0.4, 0.5) is 19.0 Å². The number of hydrogen-bond acceptors (Lipinski definition) is 8. The Morgan fingerprint density at radius 2 is 1.67 bits per heavy atom. The van der Waals surface area contributed by atoms with Gasteiger partial charge in [0.1, 0.15) is 5.75 Å². The van der Waals surface area contributed by atoms with Crippen molar-refractivity contribution in [2.24, 2.45) is 23.7 Å². The molecule has 2 saturated heterocycles. The van der Waals surface area contributed by atoms with Crippen molar-refractivity contribution in [3.05, 3.63) is 111 Å². The molecule has 11 nitrogen and oxygen atoms in total. The summed E-state index contributed by atoms with van der Waals surface area (Å²) in [7, 11) is 0. The number of nitrogens with zero attached hydrogens (tertiary/aromatic N) is 3. The van der Waals surface area contributed by atoms with Crippen LogP contribution >= 0.6 is 23.2 Å². The number of halogens is 5. The number of alkyl halides is 3. The monoisotopic (exact) mass is 834 g/mol. The third-order valence-corrected chi connectivity index (χ3v) is 12.7. The molecule has 2 aliphatic heterocycles. The molecule has 0 spiro atoms. The predicted molar refractivity (Wildman–Crippen MR) is 205 cm³/mol. The van der Waals surface area contributed by atoms with Gasteiger partial charge in [-0.3, -0.25) is 34.3 Å². The second-order valence-corrected chi connectivity index (χ2v) is 16.0. The molecule has 3 heterocycles. The maximum absolute atomic E-state index is 15.5. The van der Waals surface area contributed by atoms with Gasteiger partial charge in [0, 0.05) is 35.7 Å². The van der Waals surface area contributed by atoms with E-state index in [2.05, 4.69) is 10.4 Å². The number of unbranched alkanes of at least 4 members (excludes halogenated alkanes) is 2. The van der Waals surface area contributed by atoms with Crippen molar-refractivity contribution in [1.82, 2.24) is 14.9 Å². The molecule has 4 aromatic rings. The van der Waals surface area contributed by atoms with E-state index in [0.717, 1.165) is 0 Å². The van der Waals surface area contributed by atoms with E-state index >= 15 is 4.79 Å². The number of amides is 4. The quantitative estimate of drug-likeness (QED) is 0.0821. The molecule has 300 valence electrons. The highest BCUT2D eigenvalue weighted by atomic mass is 35.5. The van der Waals surface area contributed by atoms with E-state index in [9.17, 15) is 37.5 Å². The number of phenols is 1. The standard InChI is InChI=1S/C42H35Cl2F3N4O7/c43-24-12-10-22(11-13-24)41-29(38(56)51(40(41)58)49-36-30(44)18-23(20-48-36)42(45,46)47)19-28-26(35(41)34-25-7-4-3-6-21(25)9-16-31(34)52)14-15-27-33(28)39(57)50(37(27)55)17-5-1-2-8-32(53)54/h3-4,6-7,9-14,16,18,20,27-29,33,35,52H,1-2,5,8,15,17,19H2,(H,48,49)(H,53,54). The average Bonchev–Trinajstić information content (AvgIpc) is 3.55. The number of imide groups is 2. The van der Waals surface area contributed by atoms with Crippen molar-refractivity contribution in [3.63, 3.8) is 0 Å². The second kappa shape index (κ2) is 14.7. The van der Waals surface area contributed by atoms with Gasteiger partial charge in [-0.05, 0) is 72.2 Å². The number of aliphatic carboxylic acids is 1. The van der Waals surface area contributed by atoms with Crippen LogP contribution in [0, 0.1) is 23.7 Å². The molecule has 1 aromatic heterocycles. The molecule has 1 saturated carbocycles. The highest BCUT2D eigenvalue weighted by molar-refractivity contribution is 6.33. The summed E-state index contributed by atoms with van der Waals surface area (Å²) in [4.78, 5) is 74.9. The fraction of sp³-hybridized carbons (Fsp3) is 0.333. The van der Waals surface area contributed by atoms with Crippen LogP contribution in [0.1, 0.15) is 61.1 Å². The van der Waals surface area contributed by atoms with Crippen molar-refractivity contribution in [1.29, 1.82) is 0 Å². The lowest BCUT2D eigenvalue weighted by molar-refractivity contribution is -0.141. The van der Waals surface area contributed by atoms with Gasteiger partial charge in [0.15, 0.2) is 5.82 Å². The first-order valence-corrected chi connectivity index (χ1v) is 19.5. The Labute approximate surface area is 339 Å². The number of carboxylic acid groups (broad SMARTS) is 1. The minimum Gasteiger partial charge on any atom is -0.508 e. The summed E-state index contributed by atoms with van der Waals surface area (Å²) in [6.07, 6.45) is -1.13. The van der Waals surface area contributed by atoms with Crippen molar-refractivity contribution in [3.8, 4) is 5.75 Å². The van der Waals surface area contributed by atoms with Crippen LogP contribution in [0.2, 0.25) is 10.0 Å². The number of anilines is 1. The SMILES string of the molecule is O=C(O)CCCCCN1C(=O)C2CC=C3C(CC4C(=O)N(Nc5ncc(C(F)(F)F)cc5Cl)C(=O)C4(c4ccc(Cl)cc4)C3c3c(O)ccc4ccccc34)C2C1=O. The number of hydrogen-bond donors (Lipinski definition) is 3. The highest BCUT2D eigenvalue weighted by Gasteiger charge is 2.71. The lowest BCUT2D eigenvalue weighted by Crippen LogP contribution is -2.53. The number of rotatable bonds is 10. The fourth-order valence-corrected chi connectivity index (χ4v) is 10.0. The predicted octanol–water partition coefficient (Wildman–Crippen LogP) is 7.90. The molecular weight excluding hydrogens is 800 g/mol. The number of phenolic OH excluding ortho intramolecular Hbond substituents is 1. The van der Waals surface area contributed by atoms with E-state index in [1.54, 1.807) is 42.5 Å². The third kappa shape index (κ3) is 6.28. The van der Waals surface area contributed by atoms with Crippen LogP contribution < -0.4 is 5.43 Å². The summed E-state index contributed by atoms with van der Waals surface area (Å²) in [6.45, 7) is 0.0913. The number of hydrazine groups is 1. The number of aromatic hydroxyl groups is 1. The Morgan fingerprint density at radius 3 is 2.38 bits per heavy atom. The van der Waals surface area contributed by atoms with Gasteiger partial charge in [-0.25, -0.2) is 4.98 Å². The summed E-state index contributed by atoms with van der Waals surface area (Å²) in [6, 6.07) is 17.4. The second-order valence-electron chi connectivity index (χ2n) is 15.2. The Morgan fingerprint density at radius 1 is 0.931 bits per heavy atom. The molecule has 3 aromatic carbocycles. The third-order valence-electron chi connectivity index (χ3n) is 12.2. The number of carbonyl (C=O) groups excluding carboxylic acids is 4. The van der Waals surface area contributed by atoms with Gasteiger partial charge < -0.3 is 10.2 Å². The van der Waals surface area contributed by atoms with Gasteiger partial charge in [0.25, 0.3) is 11.8 Å². The van der Waals surface area contributed by atoms with Gasteiger partial charge in [0.2, 0.25) is 11.8 Å². The Kier molecular flexibility index (Phi) is 9.99. The molecule has 58 heavy (non-hydrogen) atoms. The fourth-order valence-electron chi connectivity index (χ4n) is 9.69. The van der Waals surface area contributed by atoms with Crippen molar-refractivity contribution < 1.29 is 47.4 Å². The summed E-state index contributed by atoms with van der Waals surface area (Å²) in [5.41, 5.74) is 0.885. The Balaban J connectivity index is 1.29. The molecule has 3 N–H and O–H groups in total. The van der Waals surface area contributed by atoms with Crippen LogP contribution in [-0.4, -0.2) is 61.2 Å². The first-order valence-electron chi connectivity index (χ1n) is 18.8. The smallest absolute Gasteiger partial charge is 0.417 e. The zero-order chi connectivity index (χ0) is 41.3. The number of benzene rings is 3. The number of aromatic nitrogens is 1. The number of fused-ring (bicyclic) bond motifs is 5. The molecule has 2 aliphatic carbocycles. The molecule has 6 unspecified atom stereocenters. The van der Waals surface area contributed by atoms with Crippen LogP contribution in [0.5, 0.6) is 5.75 Å². The lowest BCUT2D eigenvalue weighted by atomic mass is 9.48. The van der Waals surface area contributed by atoms with Gasteiger partial charge in [0.05, 0.1) is 33.8 Å². The van der Waals surface area contributed by atoms with Crippen molar-refractivity contribution in [2.75, 3.05) is 12.0 Å². The summed E-state index contributed by atoms with van der Waals surface area (Å²) in [5.74, 6) is -8.71. The molecule has 4 amide bonds. The van der Waals surface area contributed by atoms with Gasteiger partial charge in [-0.2, -0.15) is 18.2 Å². The van der Waals surface area contributed by atoms with E-state index in [1.807, 2.05) is 18.2 Å². The van der Waals surface area contributed by atoms with Crippen molar-refractivity contribution in [2.45, 2.75) is 56.0 Å². The maximum atomic E-state index is 15.5. The number of carbonyl (C=O) groups is 5. The van der Waals surface area contributed by atoms with E-state index in [1.165, 1.54) is 11.0 Å². The Bertz CT molecular complexity index is 2430.